The highest BCUT2D eigenvalue weighted by atomic mass is 28.3. The van der Waals surface area contributed by atoms with Crippen molar-refractivity contribution < 1.29 is 4.84 Å². The zero-order chi connectivity index (χ0) is 5.82. The summed E-state index contributed by atoms with van der Waals surface area (Å²) in [4.78, 5) is 4.84. The Kier molecular flexibility index (Phi) is 2.52. The van der Waals surface area contributed by atoms with Crippen LogP contribution in [0.2, 0.25) is 12.1 Å². The van der Waals surface area contributed by atoms with Gasteiger partial charge >= 0.3 is 0 Å². The minimum atomic E-state index is -0.553. The first-order valence-corrected chi connectivity index (χ1v) is 5.43. The average Bonchev–Trinajstić information content (AvgIpc) is 2.19. The molecule has 0 aromatic rings. The average molecular weight is 131 g/mol. The molecule has 1 aliphatic heterocycles. The largest absolute Gasteiger partial charge is 0.313 e. The van der Waals surface area contributed by atoms with Gasteiger partial charge in [0.05, 0.1) is 7.11 Å². The number of hydrogen-bond acceptors (Lipinski definition) is 2. The monoisotopic (exact) mass is 131 g/mol. The van der Waals surface area contributed by atoms with Gasteiger partial charge in [-0.25, -0.2) is 5.15 Å². The van der Waals surface area contributed by atoms with Crippen LogP contribution in [0.15, 0.2) is 0 Å². The molecular weight excluding hydrogens is 118 g/mol. The first-order valence-electron chi connectivity index (χ1n) is 3.22. The van der Waals surface area contributed by atoms with Crippen molar-refractivity contribution in [1.82, 2.24) is 5.15 Å². The van der Waals surface area contributed by atoms with E-state index in [1.807, 2.05) is 0 Å². The van der Waals surface area contributed by atoms with Gasteiger partial charge in [0, 0.05) is 0 Å². The summed E-state index contributed by atoms with van der Waals surface area (Å²) in [6.45, 7) is 0. The summed E-state index contributed by atoms with van der Waals surface area (Å²) in [6.07, 6.45) is 2.85. The summed E-state index contributed by atoms with van der Waals surface area (Å²) >= 11 is 0. The summed E-state index contributed by atoms with van der Waals surface area (Å²) in [5.74, 6) is 0. The summed E-state index contributed by atoms with van der Waals surface area (Å²) in [7, 11) is 1.16. The predicted molar refractivity (Wildman–Crippen MR) is 36.1 cm³/mol. The van der Waals surface area contributed by atoms with E-state index in [0.29, 0.717) is 0 Å². The minimum Gasteiger partial charge on any atom is -0.313 e. The molecule has 1 fully saturated rings. The lowest BCUT2D eigenvalue weighted by Gasteiger charge is -2.04. The maximum Gasteiger partial charge on any atom is 0.141 e. The molecule has 0 spiro atoms. The van der Waals surface area contributed by atoms with Crippen molar-refractivity contribution in [2.75, 3.05) is 7.11 Å². The van der Waals surface area contributed by atoms with Gasteiger partial charge in [0.15, 0.2) is 0 Å². The quantitative estimate of drug-likeness (QED) is 0.439. The van der Waals surface area contributed by atoms with E-state index < -0.39 is 8.96 Å². The molecule has 48 valence electrons. The van der Waals surface area contributed by atoms with Crippen molar-refractivity contribution in [3.8, 4) is 0 Å². The lowest BCUT2D eigenvalue weighted by atomic mass is 10.4. The van der Waals surface area contributed by atoms with Crippen molar-refractivity contribution in [3.63, 3.8) is 0 Å². The topological polar surface area (TPSA) is 21.3 Å². The predicted octanol–water partition coefficient (Wildman–Crippen LogP) is 0.655. The van der Waals surface area contributed by atoms with Crippen LogP contribution in [-0.2, 0) is 4.84 Å². The van der Waals surface area contributed by atoms with Gasteiger partial charge in [-0.3, -0.25) is 0 Å². The molecule has 1 heterocycles. The molecule has 1 saturated heterocycles. The van der Waals surface area contributed by atoms with E-state index in [1.54, 1.807) is 7.11 Å². The third-order valence-corrected chi connectivity index (χ3v) is 4.42. The Balaban J connectivity index is 2.06. The molecule has 3 heteroatoms. The normalized spacial score (nSPS) is 22.1. The lowest BCUT2D eigenvalue weighted by Crippen LogP contribution is -2.28. The molecule has 8 heavy (non-hydrogen) atoms. The van der Waals surface area contributed by atoms with Gasteiger partial charge in [0.25, 0.3) is 0 Å². The van der Waals surface area contributed by atoms with E-state index in [0.717, 1.165) is 0 Å². The van der Waals surface area contributed by atoms with Crippen LogP contribution < -0.4 is 5.15 Å². The molecule has 0 amide bonds. The van der Waals surface area contributed by atoms with Gasteiger partial charge in [-0.1, -0.05) is 12.8 Å². The molecule has 0 aromatic heterocycles. The fourth-order valence-corrected chi connectivity index (χ4v) is 3.63. The van der Waals surface area contributed by atoms with Gasteiger partial charge in [-0.05, 0) is 12.1 Å². The summed E-state index contributed by atoms with van der Waals surface area (Å²) < 4.78 is 0. The molecule has 0 saturated carbocycles. The molecular formula is C5H13NOSi. The van der Waals surface area contributed by atoms with Gasteiger partial charge in [0.1, 0.15) is 8.96 Å². The first kappa shape index (κ1) is 6.26. The van der Waals surface area contributed by atoms with Crippen LogP contribution in [0.25, 0.3) is 0 Å². The van der Waals surface area contributed by atoms with E-state index in [-0.39, 0.29) is 0 Å². The Bertz CT molecular complexity index is 63.4. The Morgan fingerprint density at radius 1 is 1.38 bits per heavy atom. The van der Waals surface area contributed by atoms with Crippen LogP contribution in [0.3, 0.4) is 0 Å². The summed E-state index contributed by atoms with van der Waals surface area (Å²) in [5, 5.41) is 3.08. The number of hydrogen-bond donors (Lipinski definition) is 1. The highest BCUT2D eigenvalue weighted by Crippen LogP contribution is 2.16. The zero-order valence-corrected chi connectivity index (χ0v) is 6.47. The van der Waals surface area contributed by atoms with Crippen LogP contribution in [0.5, 0.6) is 0 Å². The van der Waals surface area contributed by atoms with E-state index in [4.69, 9.17) is 4.84 Å². The molecule has 1 aliphatic rings. The lowest BCUT2D eigenvalue weighted by molar-refractivity contribution is 0.149. The van der Waals surface area contributed by atoms with Crippen molar-refractivity contribution in [3.05, 3.63) is 0 Å². The van der Waals surface area contributed by atoms with Gasteiger partial charge in [-0.15, -0.1) is 0 Å². The number of rotatable bonds is 2. The van der Waals surface area contributed by atoms with E-state index >= 15 is 0 Å². The van der Waals surface area contributed by atoms with Crippen molar-refractivity contribution in [2.45, 2.75) is 24.9 Å². The highest BCUT2D eigenvalue weighted by Gasteiger charge is 2.15. The van der Waals surface area contributed by atoms with Gasteiger partial charge in [-0.2, -0.15) is 0 Å². The van der Waals surface area contributed by atoms with Crippen LogP contribution in [0.1, 0.15) is 12.8 Å². The maximum atomic E-state index is 4.84. The molecule has 0 bridgehead atoms. The molecule has 1 rings (SSSR count). The van der Waals surface area contributed by atoms with Gasteiger partial charge < -0.3 is 4.84 Å². The van der Waals surface area contributed by atoms with E-state index in [9.17, 15) is 0 Å². The Hall–Kier alpha value is 0.137. The second kappa shape index (κ2) is 3.22. The molecule has 0 aliphatic carbocycles. The van der Waals surface area contributed by atoms with Crippen molar-refractivity contribution in [1.29, 1.82) is 0 Å². The molecule has 2 nitrogen and oxygen atoms in total. The fourth-order valence-electron chi connectivity index (χ4n) is 1.21. The highest BCUT2D eigenvalue weighted by molar-refractivity contribution is 6.56. The zero-order valence-electron chi connectivity index (χ0n) is 5.31. The second-order valence-electron chi connectivity index (χ2n) is 2.30. The summed E-state index contributed by atoms with van der Waals surface area (Å²) in [5.41, 5.74) is 0. The second-order valence-corrected chi connectivity index (χ2v) is 5.09. The van der Waals surface area contributed by atoms with Crippen LogP contribution >= 0.6 is 0 Å². The maximum absolute atomic E-state index is 4.84. The standard InChI is InChI=1S/C5H13NOSi/c1-7-6-8-4-2-3-5-8/h6,8H,2-5H2,1H3. The Labute approximate surface area is 51.9 Å². The van der Waals surface area contributed by atoms with Crippen LogP contribution in [0.4, 0.5) is 0 Å². The SMILES string of the molecule is CON[SiH]1CCCC1. The molecule has 0 atom stereocenters. The van der Waals surface area contributed by atoms with Crippen molar-refractivity contribution in [2.24, 2.45) is 0 Å². The fraction of sp³-hybridized carbons (Fsp3) is 1.00. The van der Waals surface area contributed by atoms with Gasteiger partial charge in [0.2, 0.25) is 0 Å². The first-order chi connectivity index (χ1) is 3.93. The van der Waals surface area contributed by atoms with Crippen LogP contribution in [0, 0.1) is 0 Å². The summed E-state index contributed by atoms with van der Waals surface area (Å²) in [6, 6.07) is 2.85. The molecule has 0 unspecified atom stereocenters. The Morgan fingerprint density at radius 2 is 2.00 bits per heavy atom. The molecule has 0 radical (unpaired) electrons. The smallest absolute Gasteiger partial charge is 0.141 e. The van der Waals surface area contributed by atoms with Crippen LogP contribution in [-0.4, -0.2) is 16.1 Å². The minimum absolute atomic E-state index is 0.553. The molecule has 0 aromatic carbocycles. The third kappa shape index (κ3) is 1.58. The molecule has 1 N–H and O–H groups in total. The van der Waals surface area contributed by atoms with Crippen molar-refractivity contribution >= 4 is 8.96 Å². The van der Waals surface area contributed by atoms with E-state index in [2.05, 4.69) is 5.15 Å². The third-order valence-electron chi connectivity index (χ3n) is 1.64. The number of nitrogens with one attached hydrogen (secondary N) is 1. The Morgan fingerprint density at radius 3 is 2.50 bits per heavy atom. The van der Waals surface area contributed by atoms with E-state index in [1.165, 1.54) is 24.9 Å².